The number of aromatic nitrogens is 4. The number of aldehydes is 1. The van der Waals surface area contributed by atoms with Crippen molar-refractivity contribution in [2.75, 3.05) is 5.32 Å². The third-order valence-corrected chi connectivity index (χ3v) is 5.32. The van der Waals surface area contributed by atoms with E-state index in [4.69, 9.17) is 0 Å². The van der Waals surface area contributed by atoms with Gasteiger partial charge in [-0.1, -0.05) is 0 Å². The van der Waals surface area contributed by atoms with Crippen molar-refractivity contribution >= 4 is 28.8 Å². The molecule has 7 nitrogen and oxygen atoms in total. The highest BCUT2D eigenvalue weighted by atomic mass is 19.4. The fraction of sp³-hybridized carbons (Fsp3) is 0.350. The molecule has 0 aliphatic heterocycles. The van der Waals surface area contributed by atoms with E-state index >= 15 is 0 Å². The first-order valence-corrected chi connectivity index (χ1v) is 9.59. The third-order valence-electron chi connectivity index (χ3n) is 5.32. The molecular formula is C20H17F4N5O2. The van der Waals surface area contributed by atoms with Crippen LogP contribution in [0.4, 0.5) is 23.2 Å². The second kappa shape index (κ2) is 8.05. The number of benzene rings is 1. The molecule has 1 aliphatic carbocycles. The zero-order valence-corrected chi connectivity index (χ0v) is 16.1. The monoisotopic (exact) mass is 435 g/mol. The van der Waals surface area contributed by atoms with Crippen LogP contribution in [0.1, 0.15) is 47.9 Å². The normalized spacial score (nSPS) is 19.4. The predicted molar refractivity (Wildman–Crippen MR) is 102 cm³/mol. The second-order valence-electron chi connectivity index (χ2n) is 7.45. The number of fused-ring (bicyclic) bond motifs is 1. The number of anilines is 1. The lowest BCUT2D eigenvalue weighted by Crippen LogP contribution is -2.19. The van der Waals surface area contributed by atoms with Crippen molar-refractivity contribution in [1.82, 2.24) is 19.7 Å². The van der Waals surface area contributed by atoms with E-state index in [1.165, 1.54) is 6.07 Å². The molecule has 1 saturated carbocycles. The first-order chi connectivity index (χ1) is 14.7. The number of rotatable bonds is 4. The summed E-state index contributed by atoms with van der Waals surface area (Å²) in [7, 11) is 0. The van der Waals surface area contributed by atoms with E-state index < -0.39 is 29.3 Å². The molecule has 1 fully saturated rings. The molecule has 0 atom stereocenters. The zero-order valence-electron chi connectivity index (χ0n) is 16.1. The van der Waals surface area contributed by atoms with Crippen LogP contribution in [0.5, 0.6) is 0 Å². The molecule has 31 heavy (non-hydrogen) atoms. The summed E-state index contributed by atoms with van der Waals surface area (Å²) in [5.41, 5.74) is -1.73. The fourth-order valence-electron chi connectivity index (χ4n) is 3.65. The van der Waals surface area contributed by atoms with Gasteiger partial charge in [-0.15, -0.1) is 0 Å². The summed E-state index contributed by atoms with van der Waals surface area (Å²) in [4.78, 5) is 29.8. The van der Waals surface area contributed by atoms with E-state index in [0.717, 1.165) is 44.2 Å². The first kappa shape index (κ1) is 20.9. The Labute approximate surface area is 173 Å². The van der Waals surface area contributed by atoms with Crippen LogP contribution in [0.3, 0.4) is 0 Å². The van der Waals surface area contributed by atoms with Crippen molar-refractivity contribution in [3.8, 4) is 0 Å². The summed E-state index contributed by atoms with van der Waals surface area (Å²) in [6.07, 6.45) is 2.38. The van der Waals surface area contributed by atoms with Crippen molar-refractivity contribution in [1.29, 1.82) is 0 Å². The average Bonchev–Trinajstić information content (AvgIpc) is 3.16. The molecule has 2 heterocycles. The molecule has 162 valence electrons. The summed E-state index contributed by atoms with van der Waals surface area (Å²) in [5, 5.41) is 7.19. The van der Waals surface area contributed by atoms with Crippen LogP contribution in [-0.2, 0) is 11.0 Å². The minimum absolute atomic E-state index is 0.0550. The Kier molecular flexibility index (Phi) is 5.42. The van der Waals surface area contributed by atoms with Gasteiger partial charge in [0.05, 0.1) is 29.6 Å². The van der Waals surface area contributed by atoms with Crippen molar-refractivity contribution in [2.45, 2.75) is 37.9 Å². The first-order valence-electron chi connectivity index (χ1n) is 9.59. The van der Waals surface area contributed by atoms with Crippen LogP contribution in [-0.4, -0.2) is 31.9 Å². The molecule has 1 amide bonds. The minimum atomic E-state index is -4.76. The number of halogens is 4. The number of nitrogens with zero attached hydrogens (tertiary/aromatic N) is 4. The number of carbonyl (C=O) groups excluding carboxylic acids is 2. The summed E-state index contributed by atoms with van der Waals surface area (Å²) in [6, 6.07) is 2.60. The number of hydrogen-bond acceptors (Lipinski definition) is 5. The van der Waals surface area contributed by atoms with Crippen LogP contribution < -0.4 is 5.32 Å². The highest BCUT2D eigenvalue weighted by Crippen LogP contribution is 2.32. The summed E-state index contributed by atoms with van der Waals surface area (Å²) < 4.78 is 54.5. The molecule has 0 bridgehead atoms. The Hall–Kier alpha value is -3.37. The maximum Gasteiger partial charge on any atom is 0.434 e. The highest BCUT2D eigenvalue weighted by Gasteiger charge is 2.33. The molecule has 1 aliphatic rings. The minimum Gasteiger partial charge on any atom is -0.318 e. The molecule has 0 radical (unpaired) electrons. The topological polar surface area (TPSA) is 89.8 Å². The van der Waals surface area contributed by atoms with Crippen molar-refractivity contribution < 1.29 is 27.2 Å². The maximum absolute atomic E-state index is 14.5. The van der Waals surface area contributed by atoms with E-state index in [1.54, 1.807) is 10.9 Å². The Morgan fingerprint density at radius 2 is 1.90 bits per heavy atom. The maximum atomic E-state index is 14.5. The predicted octanol–water partition coefficient (Wildman–Crippen LogP) is 4.17. The standard InChI is InChI=1S/C20H17F4N5O2/c21-14-6-15-12(9-29(28-15)13-3-1-11(10-30)2-4-13)5-16(14)27-19(31)17-7-25-8-18(26-17)20(22,23)24/h5-11,13H,1-4H2,(H,27,31)/t11-,13-. The van der Waals surface area contributed by atoms with E-state index in [0.29, 0.717) is 17.1 Å². The molecule has 3 aromatic rings. The second-order valence-corrected chi connectivity index (χ2v) is 7.45. The Bertz CT molecular complexity index is 1140. The molecule has 1 aromatic carbocycles. The van der Waals surface area contributed by atoms with Crippen LogP contribution in [0.15, 0.2) is 30.7 Å². The van der Waals surface area contributed by atoms with Gasteiger partial charge in [-0.3, -0.25) is 14.5 Å². The van der Waals surface area contributed by atoms with Gasteiger partial charge in [-0.05, 0) is 31.7 Å². The Balaban J connectivity index is 1.55. The Morgan fingerprint density at radius 1 is 1.16 bits per heavy atom. The van der Waals surface area contributed by atoms with Gasteiger partial charge in [-0.2, -0.15) is 18.3 Å². The number of alkyl halides is 3. The molecule has 2 aromatic heterocycles. The molecular weight excluding hydrogens is 418 g/mol. The zero-order chi connectivity index (χ0) is 22.2. The van der Waals surface area contributed by atoms with E-state index in [-0.39, 0.29) is 17.6 Å². The lowest BCUT2D eigenvalue weighted by atomic mass is 9.87. The molecule has 0 unspecified atom stereocenters. The van der Waals surface area contributed by atoms with Gasteiger partial charge in [0.2, 0.25) is 0 Å². The smallest absolute Gasteiger partial charge is 0.318 e. The fourth-order valence-corrected chi connectivity index (χ4v) is 3.65. The van der Waals surface area contributed by atoms with Gasteiger partial charge in [0.1, 0.15) is 17.8 Å². The van der Waals surface area contributed by atoms with Gasteiger partial charge in [0, 0.05) is 23.6 Å². The van der Waals surface area contributed by atoms with E-state index in [2.05, 4.69) is 20.4 Å². The lowest BCUT2D eigenvalue weighted by Gasteiger charge is -2.25. The number of nitrogens with one attached hydrogen (secondary N) is 1. The molecule has 4 rings (SSSR count). The van der Waals surface area contributed by atoms with E-state index in [9.17, 15) is 27.2 Å². The largest absolute Gasteiger partial charge is 0.434 e. The van der Waals surface area contributed by atoms with Gasteiger partial charge < -0.3 is 10.1 Å². The van der Waals surface area contributed by atoms with Gasteiger partial charge in [-0.25, -0.2) is 9.37 Å². The van der Waals surface area contributed by atoms with E-state index in [1.807, 2.05) is 0 Å². The summed E-state index contributed by atoms with van der Waals surface area (Å²) in [6.45, 7) is 0. The quantitative estimate of drug-likeness (QED) is 0.491. The molecule has 1 N–H and O–H groups in total. The molecule has 0 saturated heterocycles. The van der Waals surface area contributed by atoms with Crippen molar-refractivity contribution in [2.24, 2.45) is 5.92 Å². The number of carbonyl (C=O) groups is 2. The Morgan fingerprint density at radius 3 is 2.58 bits per heavy atom. The average molecular weight is 435 g/mol. The molecule has 0 spiro atoms. The van der Waals surface area contributed by atoms with Crippen LogP contribution in [0, 0.1) is 11.7 Å². The van der Waals surface area contributed by atoms with Crippen molar-refractivity contribution in [3.05, 3.63) is 47.9 Å². The lowest BCUT2D eigenvalue weighted by molar-refractivity contribution is -0.141. The summed E-state index contributed by atoms with van der Waals surface area (Å²) in [5.74, 6) is -1.74. The SMILES string of the molecule is O=C[C@H]1CC[C@H](n2cc3cc(NC(=O)c4cncc(C(F)(F)F)n4)c(F)cc3n2)CC1. The third kappa shape index (κ3) is 4.39. The molecule has 11 heteroatoms. The van der Waals surface area contributed by atoms with Crippen LogP contribution >= 0.6 is 0 Å². The van der Waals surface area contributed by atoms with Gasteiger partial charge in [0.15, 0.2) is 5.69 Å². The van der Waals surface area contributed by atoms with Gasteiger partial charge >= 0.3 is 6.18 Å². The number of amides is 1. The summed E-state index contributed by atoms with van der Waals surface area (Å²) >= 11 is 0. The van der Waals surface area contributed by atoms with Crippen LogP contribution in [0.2, 0.25) is 0 Å². The number of hydrogen-bond donors (Lipinski definition) is 1. The van der Waals surface area contributed by atoms with Gasteiger partial charge in [0.25, 0.3) is 5.91 Å². The highest BCUT2D eigenvalue weighted by molar-refractivity contribution is 6.03. The van der Waals surface area contributed by atoms with Crippen molar-refractivity contribution in [3.63, 3.8) is 0 Å². The van der Waals surface area contributed by atoms with Crippen LogP contribution in [0.25, 0.3) is 10.9 Å².